The molecule has 0 amide bonds. The first-order valence-corrected chi connectivity index (χ1v) is 7.16. The lowest BCUT2D eigenvalue weighted by Gasteiger charge is -2.16. The van der Waals surface area contributed by atoms with Crippen LogP contribution in [-0.2, 0) is 6.54 Å². The highest BCUT2D eigenvalue weighted by Crippen LogP contribution is 2.16. The summed E-state index contributed by atoms with van der Waals surface area (Å²) in [4.78, 5) is 12.6. The maximum Gasteiger partial charge on any atom is 0.255 e. The van der Waals surface area contributed by atoms with E-state index >= 15 is 0 Å². The minimum atomic E-state index is -0.364. The van der Waals surface area contributed by atoms with Crippen molar-refractivity contribution in [2.24, 2.45) is 5.73 Å². The third kappa shape index (κ3) is 2.99. The Kier molecular flexibility index (Phi) is 4.74. The molecule has 0 aliphatic carbocycles. The molecule has 1 aromatic heterocycles. The number of benzene rings is 1. The predicted octanol–water partition coefficient (Wildman–Crippen LogP) is 3.00. The van der Waals surface area contributed by atoms with Crippen molar-refractivity contribution < 1.29 is 0 Å². The molecule has 2 rings (SSSR count). The van der Waals surface area contributed by atoms with Gasteiger partial charge in [-0.05, 0) is 31.0 Å². The zero-order valence-corrected chi connectivity index (χ0v) is 12.2. The third-order valence-corrected chi connectivity index (χ3v) is 3.65. The van der Waals surface area contributed by atoms with Crippen LogP contribution in [0.5, 0.6) is 0 Å². The normalized spacial score (nSPS) is 12.3. The molecule has 0 radical (unpaired) electrons. The molecule has 3 nitrogen and oxygen atoms in total. The number of rotatable bonds is 5. The van der Waals surface area contributed by atoms with E-state index in [1.54, 1.807) is 0 Å². The van der Waals surface area contributed by atoms with Gasteiger partial charge in [-0.25, -0.2) is 0 Å². The maximum atomic E-state index is 12.6. The average Bonchev–Trinajstić information content (AvgIpc) is 2.47. The molecule has 0 aliphatic heterocycles. The van der Waals surface area contributed by atoms with E-state index in [0.29, 0.717) is 5.56 Å². The molecule has 1 aromatic carbocycles. The second-order valence-electron chi connectivity index (χ2n) is 5.13. The van der Waals surface area contributed by atoms with Crippen molar-refractivity contribution in [1.29, 1.82) is 0 Å². The quantitative estimate of drug-likeness (QED) is 0.908. The molecule has 2 N–H and O–H groups in total. The van der Waals surface area contributed by atoms with Gasteiger partial charge in [0.15, 0.2) is 0 Å². The molecule has 0 aliphatic rings. The predicted molar refractivity (Wildman–Crippen MR) is 82.8 cm³/mol. The van der Waals surface area contributed by atoms with Crippen molar-refractivity contribution >= 4 is 0 Å². The Morgan fingerprint density at radius 3 is 2.50 bits per heavy atom. The second-order valence-corrected chi connectivity index (χ2v) is 5.13. The van der Waals surface area contributed by atoms with Gasteiger partial charge in [-0.2, -0.15) is 0 Å². The first-order valence-electron chi connectivity index (χ1n) is 7.16. The Bertz CT molecular complexity index is 617. The largest absolute Gasteiger partial charge is 0.320 e. The van der Waals surface area contributed by atoms with Crippen LogP contribution in [0.2, 0.25) is 0 Å². The molecule has 0 saturated heterocycles. The number of hydrogen-bond donors (Lipinski definition) is 1. The summed E-state index contributed by atoms with van der Waals surface area (Å²) in [7, 11) is 0. The van der Waals surface area contributed by atoms with Crippen molar-refractivity contribution in [3.63, 3.8) is 0 Å². The molecule has 0 saturated carbocycles. The van der Waals surface area contributed by atoms with Gasteiger partial charge in [0.25, 0.3) is 5.56 Å². The fourth-order valence-corrected chi connectivity index (χ4v) is 2.36. The van der Waals surface area contributed by atoms with Gasteiger partial charge < -0.3 is 10.3 Å². The highest BCUT2D eigenvalue weighted by molar-refractivity contribution is 5.30. The van der Waals surface area contributed by atoms with Crippen LogP contribution in [0.25, 0.3) is 0 Å². The molecule has 0 fully saturated rings. The second kappa shape index (κ2) is 6.53. The van der Waals surface area contributed by atoms with E-state index in [4.69, 9.17) is 5.73 Å². The van der Waals surface area contributed by atoms with E-state index in [1.165, 1.54) is 0 Å². The molecule has 2 aromatic rings. The Labute approximate surface area is 120 Å². The van der Waals surface area contributed by atoms with Gasteiger partial charge in [0.2, 0.25) is 0 Å². The van der Waals surface area contributed by atoms with Crippen molar-refractivity contribution in [3.05, 3.63) is 69.6 Å². The van der Waals surface area contributed by atoms with Crippen molar-refractivity contribution in [3.8, 4) is 0 Å². The number of aromatic nitrogens is 1. The standard InChI is InChI=1S/C17H22N2O/c1-3-4-12-19-13(2)10-11-15(17(19)20)16(18)14-8-6-5-7-9-14/h5-11,16H,3-4,12,18H2,1-2H3. The minimum Gasteiger partial charge on any atom is -0.320 e. The van der Waals surface area contributed by atoms with Crippen LogP contribution in [0.4, 0.5) is 0 Å². The molecule has 0 bridgehead atoms. The van der Waals surface area contributed by atoms with Crippen molar-refractivity contribution in [2.75, 3.05) is 0 Å². The summed E-state index contributed by atoms with van der Waals surface area (Å²) in [6, 6.07) is 13.2. The van der Waals surface area contributed by atoms with Crippen LogP contribution < -0.4 is 11.3 Å². The lowest BCUT2D eigenvalue weighted by molar-refractivity contribution is 0.590. The number of unbranched alkanes of at least 4 members (excludes halogenated alkanes) is 1. The lowest BCUT2D eigenvalue weighted by atomic mass is 10.0. The number of nitrogens with zero attached hydrogens (tertiary/aromatic N) is 1. The summed E-state index contributed by atoms with van der Waals surface area (Å²) < 4.78 is 1.83. The average molecular weight is 270 g/mol. The topological polar surface area (TPSA) is 48.0 Å². The first kappa shape index (κ1) is 14.5. The molecule has 106 valence electrons. The van der Waals surface area contributed by atoms with Gasteiger partial charge in [-0.15, -0.1) is 0 Å². The molecule has 1 atom stereocenters. The number of nitrogens with two attached hydrogens (primary N) is 1. The number of pyridine rings is 1. The van der Waals surface area contributed by atoms with Gasteiger partial charge in [-0.3, -0.25) is 4.79 Å². The molecule has 0 spiro atoms. The van der Waals surface area contributed by atoms with Gasteiger partial charge in [0.05, 0.1) is 6.04 Å². The highest BCUT2D eigenvalue weighted by Gasteiger charge is 2.14. The van der Waals surface area contributed by atoms with Crippen molar-refractivity contribution in [1.82, 2.24) is 4.57 Å². The third-order valence-electron chi connectivity index (χ3n) is 3.65. The van der Waals surface area contributed by atoms with E-state index in [9.17, 15) is 4.79 Å². The lowest BCUT2D eigenvalue weighted by Crippen LogP contribution is -2.30. The molecular formula is C17H22N2O. The first-order chi connectivity index (χ1) is 9.65. The zero-order chi connectivity index (χ0) is 14.5. The monoisotopic (exact) mass is 270 g/mol. The van der Waals surface area contributed by atoms with Crippen LogP contribution in [-0.4, -0.2) is 4.57 Å². The fourth-order valence-electron chi connectivity index (χ4n) is 2.36. The highest BCUT2D eigenvalue weighted by atomic mass is 16.1. The Morgan fingerprint density at radius 2 is 1.85 bits per heavy atom. The van der Waals surface area contributed by atoms with Gasteiger partial charge in [0, 0.05) is 17.8 Å². The Balaban J connectivity index is 2.40. The summed E-state index contributed by atoms with van der Waals surface area (Å²) in [5.74, 6) is 0. The van der Waals surface area contributed by atoms with Crippen LogP contribution in [0, 0.1) is 6.92 Å². The van der Waals surface area contributed by atoms with Crippen LogP contribution in [0.1, 0.15) is 42.6 Å². The molecule has 1 unspecified atom stereocenters. The summed E-state index contributed by atoms with van der Waals surface area (Å²) in [5, 5.41) is 0. The van der Waals surface area contributed by atoms with Crippen LogP contribution >= 0.6 is 0 Å². The maximum absolute atomic E-state index is 12.6. The van der Waals surface area contributed by atoms with Gasteiger partial charge >= 0.3 is 0 Å². The number of hydrogen-bond acceptors (Lipinski definition) is 2. The van der Waals surface area contributed by atoms with E-state index in [2.05, 4.69) is 6.92 Å². The molecule has 1 heterocycles. The SMILES string of the molecule is CCCCn1c(C)ccc(C(N)c2ccccc2)c1=O. The van der Waals surface area contributed by atoms with E-state index < -0.39 is 0 Å². The Hall–Kier alpha value is -1.87. The van der Waals surface area contributed by atoms with Crippen LogP contribution in [0.15, 0.2) is 47.3 Å². The van der Waals surface area contributed by atoms with E-state index in [0.717, 1.165) is 30.6 Å². The van der Waals surface area contributed by atoms with E-state index in [1.807, 2.05) is 54.0 Å². The minimum absolute atomic E-state index is 0.0369. The zero-order valence-electron chi connectivity index (χ0n) is 12.2. The summed E-state index contributed by atoms with van der Waals surface area (Å²) in [6.45, 7) is 4.85. The van der Waals surface area contributed by atoms with E-state index in [-0.39, 0.29) is 11.6 Å². The summed E-state index contributed by atoms with van der Waals surface area (Å²) in [5.41, 5.74) is 8.91. The van der Waals surface area contributed by atoms with Gasteiger partial charge in [0.1, 0.15) is 0 Å². The van der Waals surface area contributed by atoms with Gasteiger partial charge in [-0.1, -0.05) is 43.7 Å². The summed E-state index contributed by atoms with van der Waals surface area (Å²) >= 11 is 0. The fraction of sp³-hybridized carbons (Fsp3) is 0.353. The summed E-state index contributed by atoms with van der Waals surface area (Å²) in [6.07, 6.45) is 2.08. The van der Waals surface area contributed by atoms with Crippen molar-refractivity contribution in [2.45, 2.75) is 39.3 Å². The Morgan fingerprint density at radius 1 is 1.15 bits per heavy atom. The molecular weight excluding hydrogens is 248 g/mol. The number of aryl methyl sites for hydroxylation is 1. The molecule has 20 heavy (non-hydrogen) atoms. The smallest absolute Gasteiger partial charge is 0.255 e. The molecule has 3 heteroatoms. The van der Waals surface area contributed by atoms with Crippen LogP contribution in [0.3, 0.4) is 0 Å².